The molecule has 0 unspecified atom stereocenters. The van der Waals surface area contributed by atoms with Crippen molar-refractivity contribution in [1.29, 1.82) is 0 Å². The Balaban J connectivity index is 1.71. The predicted octanol–water partition coefficient (Wildman–Crippen LogP) is -0.157. The van der Waals surface area contributed by atoms with E-state index in [0.717, 1.165) is 5.92 Å². The average molecular weight is 183 g/mol. The van der Waals surface area contributed by atoms with Crippen molar-refractivity contribution in [2.75, 3.05) is 52.9 Å². The zero-order valence-electron chi connectivity index (χ0n) is 8.63. The highest BCUT2D eigenvalue weighted by molar-refractivity contribution is 4.79. The van der Waals surface area contributed by atoms with Crippen LogP contribution in [0.15, 0.2) is 0 Å². The van der Waals surface area contributed by atoms with Crippen LogP contribution in [-0.4, -0.2) is 62.7 Å². The summed E-state index contributed by atoms with van der Waals surface area (Å²) in [7, 11) is 2.23. The normalized spacial score (nSPS) is 28.4. The third-order valence-corrected chi connectivity index (χ3v) is 3.19. The van der Waals surface area contributed by atoms with Gasteiger partial charge in [0.2, 0.25) is 0 Å². The molecule has 2 aliphatic heterocycles. The monoisotopic (exact) mass is 183 g/mol. The zero-order chi connectivity index (χ0) is 9.10. The van der Waals surface area contributed by atoms with Crippen molar-refractivity contribution in [2.24, 2.45) is 5.92 Å². The van der Waals surface area contributed by atoms with Gasteiger partial charge < -0.3 is 15.1 Å². The molecule has 2 fully saturated rings. The van der Waals surface area contributed by atoms with Crippen LogP contribution in [0.1, 0.15) is 6.42 Å². The van der Waals surface area contributed by atoms with E-state index >= 15 is 0 Å². The van der Waals surface area contributed by atoms with Gasteiger partial charge >= 0.3 is 0 Å². The Kier molecular flexibility index (Phi) is 3.19. The van der Waals surface area contributed by atoms with Crippen molar-refractivity contribution < 1.29 is 0 Å². The van der Waals surface area contributed by atoms with E-state index in [1.54, 1.807) is 0 Å². The van der Waals surface area contributed by atoms with Gasteiger partial charge in [-0.3, -0.25) is 0 Å². The molecule has 0 amide bonds. The Morgan fingerprint density at radius 2 is 2.00 bits per heavy atom. The number of rotatable bonds is 2. The van der Waals surface area contributed by atoms with Gasteiger partial charge in [0.15, 0.2) is 0 Å². The highest BCUT2D eigenvalue weighted by Gasteiger charge is 2.21. The molecule has 0 aromatic carbocycles. The van der Waals surface area contributed by atoms with Crippen molar-refractivity contribution in [3.8, 4) is 0 Å². The molecule has 2 saturated heterocycles. The van der Waals surface area contributed by atoms with Crippen molar-refractivity contribution in [3.05, 3.63) is 0 Å². The fourth-order valence-corrected chi connectivity index (χ4v) is 2.13. The summed E-state index contributed by atoms with van der Waals surface area (Å²) in [5.41, 5.74) is 0. The summed E-state index contributed by atoms with van der Waals surface area (Å²) in [6.45, 7) is 8.91. The zero-order valence-corrected chi connectivity index (χ0v) is 8.63. The number of nitrogens with zero attached hydrogens (tertiary/aromatic N) is 2. The maximum Gasteiger partial charge on any atom is 0.0109 e. The number of likely N-dealkylation sites (N-methyl/N-ethyl adjacent to an activating group) is 1. The predicted molar refractivity (Wildman–Crippen MR) is 54.9 cm³/mol. The maximum absolute atomic E-state index is 3.34. The van der Waals surface area contributed by atoms with Crippen LogP contribution in [-0.2, 0) is 0 Å². The molecule has 3 heteroatoms. The molecule has 0 aliphatic carbocycles. The van der Waals surface area contributed by atoms with E-state index in [0.29, 0.717) is 0 Å². The molecule has 3 nitrogen and oxygen atoms in total. The summed E-state index contributed by atoms with van der Waals surface area (Å²) >= 11 is 0. The van der Waals surface area contributed by atoms with Gasteiger partial charge in [-0.15, -0.1) is 0 Å². The van der Waals surface area contributed by atoms with Crippen LogP contribution in [0.25, 0.3) is 0 Å². The molecule has 0 atom stereocenters. The lowest BCUT2D eigenvalue weighted by atomic mass is 10.0. The van der Waals surface area contributed by atoms with E-state index in [2.05, 4.69) is 22.2 Å². The largest absolute Gasteiger partial charge is 0.316 e. The summed E-state index contributed by atoms with van der Waals surface area (Å²) in [6.07, 6.45) is 1.34. The minimum atomic E-state index is 0.934. The van der Waals surface area contributed by atoms with Gasteiger partial charge in [0.1, 0.15) is 0 Å². The lowest BCUT2D eigenvalue weighted by Gasteiger charge is -2.32. The Hall–Kier alpha value is -0.120. The van der Waals surface area contributed by atoms with Crippen LogP contribution in [0.5, 0.6) is 0 Å². The fourth-order valence-electron chi connectivity index (χ4n) is 2.13. The van der Waals surface area contributed by atoms with E-state index < -0.39 is 0 Å². The first-order valence-electron chi connectivity index (χ1n) is 5.46. The van der Waals surface area contributed by atoms with E-state index in [1.807, 2.05) is 0 Å². The Bertz CT molecular complexity index is 156. The van der Waals surface area contributed by atoms with Gasteiger partial charge in [0, 0.05) is 32.7 Å². The molecule has 0 spiro atoms. The van der Waals surface area contributed by atoms with Gasteiger partial charge in [-0.25, -0.2) is 0 Å². The third kappa shape index (κ3) is 2.66. The first kappa shape index (κ1) is 9.44. The summed E-state index contributed by atoms with van der Waals surface area (Å²) in [6, 6.07) is 0. The van der Waals surface area contributed by atoms with Crippen molar-refractivity contribution in [1.82, 2.24) is 15.1 Å². The molecule has 2 rings (SSSR count). The molecule has 0 aromatic heterocycles. The second kappa shape index (κ2) is 4.40. The lowest BCUT2D eigenvalue weighted by Crippen LogP contribution is -2.48. The summed E-state index contributed by atoms with van der Waals surface area (Å²) in [5, 5.41) is 3.34. The van der Waals surface area contributed by atoms with Gasteiger partial charge in [-0.1, -0.05) is 0 Å². The summed E-state index contributed by atoms with van der Waals surface area (Å²) in [4.78, 5) is 5.08. The molecule has 1 N–H and O–H groups in total. The van der Waals surface area contributed by atoms with E-state index in [1.165, 1.54) is 52.2 Å². The highest BCUT2D eigenvalue weighted by Crippen LogP contribution is 2.08. The molecular formula is C10H21N3. The standard InChI is InChI=1S/C10H21N3/c1-12-3-2-4-13(6-5-12)9-10-7-11-8-10/h10-11H,2-9H2,1H3. The molecule has 2 aliphatic rings. The Morgan fingerprint density at radius 1 is 1.15 bits per heavy atom. The fraction of sp³-hybridized carbons (Fsp3) is 1.00. The van der Waals surface area contributed by atoms with E-state index in [4.69, 9.17) is 0 Å². The Labute approximate surface area is 81.1 Å². The maximum atomic E-state index is 3.34. The Morgan fingerprint density at radius 3 is 2.69 bits per heavy atom. The summed E-state index contributed by atoms with van der Waals surface area (Å²) in [5.74, 6) is 0.934. The van der Waals surface area contributed by atoms with Gasteiger partial charge in [-0.05, 0) is 32.5 Å². The molecule has 0 saturated carbocycles. The first-order valence-corrected chi connectivity index (χ1v) is 5.46. The summed E-state index contributed by atoms with van der Waals surface area (Å²) < 4.78 is 0. The molecule has 13 heavy (non-hydrogen) atoms. The second-order valence-electron chi connectivity index (χ2n) is 4.48. The van der Waals surface area contributed by atoms with Crippen LogP contribution in [0.3, 0.4) is 0 Å². The van der Waals surface area contributed by atoms with Crippen LogP contribution < -0.4 is 5.32 Å². The quantitative estimate of drug-likeness (QED) is 0.642. The van der Waals surface area contributed by atoms with E-state index in [9.17, 15) is 0 Å². The SMILES string of the molecule is CN1CCCN(CC2CNC2)CC1. The van der Waals surface area contributed by atoms with Crippen LogP contribution in [0.4, 0.5) is 0 Å². The number of nitrogens with one attached hydrogen (secondary N) is 1. The topological polar surface area (TPSA) is 18.5 Å². The molecular weight excluding hydrogens is 162 g/mol. The van der Waals surface area contributed by atoms with Crippen LogP contribution in [0, 0.1) is 5.92 Å². The third-order valence-electron chi connectivity index (χ3n) is 3.19. The second-order valence-corrected chi connectivity index (χ2v) is 4.48. The lowest BCUT2D eigenvalue weighted by molar-refractivity contribution is 0.197. The van der Waals surface area contributed by atoms with Gasteiger partial charge in [-0.2, -0.15) is 0 Å². The van der Waals surface area contributed by atoms with Crippen molar-refractivity contribution in [3.63, 3.8) is 0 Å². The van der Waals surface area contributed by atoms with E-state index in [-0.39, 0.29) is 0 Å². The van der Waals surface area contributed by atoms with Crippen molar-refractivity contribution in [2.45, 2.75) is 6.42 Å². The molecule has 2 heterocycles. The average Bonchev–Trinajstić information content (AvgIpc) is 2.23. The van der Waals surface area contributed by atoms with Gasteiger partial charge in [0.05, 0.1) is 0 Å². The van der Waals surface area contributed by atoms with Crippen LogP contribution >= 0.6 is 0 Å². The van der Waals surface area contributed by atoms with Gasteiger partial charge in [0.25, 0.3) is 0 Å². The number of hydrogen-bond acceptors (Lipinski definition) is 3. The van der Waals surface area contributed by atoms with Crippen LogP contribution in [0.2, 0.25) is 0 Å². The molecule has 76 valence electrons. The van der Waals surface area contributed by atoms with Crippen molar-refractivity contribution >= 4 is 0 Å². The molecule has 0 bridgehead atoms. The minimum absolute atomic E-state index is 0.934. The smallest absolute Gasteiger partial charge is 0.0109 e. The number of hydrogen-bond donors (Lipinski definition) is 1. The highest BCUT2D eigenvalue weighted by atomic mass is 15.2. The molecule has 0 radical (unpaired) electrons. The minimum Gasteiger partial charge on any atom is -0.316 e. The molecule has 0 aromatic rings. The first-order chi connectivity index (χ1) is 6.34.